The van der Waals surface area contributed by atoms with Crippen LogP contribution in [0.1, 0.15) is 17.8 Å². The highest BCUT2D eigenvalue weighted by Crippen LogP contribution is 2.29. The average Bonchev–Trinajstić information content (AvgIpc) is 3.10. The van der Waals surface area contributed by atoms with Gasteiger partial charge < -0.3 is 14.6 Å². The maximum Gasteiger partial charge on any atom is 0.221 e. The molecule has 1 saturated heterocycles. The zero-order chi connectivity index (χ0) is 22.5. The molecule has 4 rings (SSSR count). The number of hydrogen-bond acceptors (Lipinski definition) is 4. The van der Waals surface area contributed by atoms with Crippen LogP contribution >= 0.6 is 23.2 Å². The highest BCUT2D eigenvalue weighted by molar-refractivity contribution is 6.42. The third-order valence-corrected chi connectivity index (χ3v) is 6.31. The number of hydrogen-bond donors (Lipinski definition) is 1. The molecule has 0 radical (unpaired) electrons. The van der Waals surface area contributed by atoms with Crippen molar-refractivity contribution < 1.29 is 13.9 Å². The minimum Gasteiger partial charge on any atom is -0.379 e. The van der Waals surface area contributed by atoms with Crippen molar-refractivity contribution in [2.45, 2.75) is 19.4 Å². The number of amides is 1. The molecule has 3 aromatic rings. The molecule has 0 spiro atoms. The Balaban J connectivity index is 1.46. The fourth-order valence-corrected chi connectivity index (χ4v) is 4.16. The molecule has 2 heterocycles. The molecular weight excluding hydrogens is 454 g/mol. The predicted molar refractivity (Wildman–Crippen MR) is 124 cm³/mol. The van der Waals surface area contributed by atoms with E-state index in [0.717, 1.165) is 38.4 Å². The molecule has 1 aliphatic heterocycles. The second-order valence-corrected chi connectivity index (χ2v) is 8.57. The van der Waals surface area contributed by atoms with Gasteiger partial charge in [0.2, 0.25) is 5.91 Å². The summed E-state index contributed by atoms with van der Waals surface area (Å²) in [4.78, 5) is 19.4. The van der Waals surface area contributed by atoms with Crippen molar-refractivity contribution in [2.24, 2.45) is 0 Å². The van der Waals surface area contributed by atoms with Gasteiger partial charge in [0.15, 0.2) is 0 Å². The molecule has 0 aliphatic carbocycles. The Morgan fingerprint density at radius 3 is 2.66 bits per heavy atom. The number of carbonyl (C=O) groups is 1. The van der Waals surface area contributed by atoms with Crippen molar-refractivity contribution >= 4 is 40.1 Å². The third kappa shape index (κ3) is 5.59. The molecule has 0 atom stereocenters. The maximum absolute atomic E-state index is 14.2. The van der Waals surface area contributed by atoms with E-state index < -0.39 is 0 Å². The lowest BCUT2D eigenvalue weighted by Gasteiger charge is -2.26. The van der Waals surface area contributed by atoms with Gasteiger partial charge in [-0.05, 0) is 23.8 Å². The molecular formula is C23H25Cl2FN4O2. The number of fused-ring (bicyclic) bond motifs is 1. The van der Waals surface area contributed by atoms with Crippen molar-refractivity contribution in [1.29, 1.82) is 0 Å². The van der Waals surface area contributed by atoms with Gasteiger partial charge in [-0.1, -0.05) is 41.4 Å². The van der Waals surface area contributed by atoms with Gasteiger partial charge >= 0.3 is 0 Å². The van der Waals surface area contributed by atoms with E-state index in [0.29, 0.717) is 46.5 Å². The summed E-state index contributed by atoms with van der Waals surface area (Å²) in [6.45, 7) is 5.04. The Bertz CT molecular complexity index is 1100. The minimum atomic E-state index is -0.289. The Morgan fingerprint density at radius 2 is 1.88 bits per heavy atom. The van der Waals surface area contributed by atoms with Crippen LogP contribution in [0.25, 0.3) is 11.0 Å². The number of morpholine rings is 1. The number of aryl methyl sites for hydroxylation is 1. The van der Waals surface area contributed by atoms with Crippen LogP contribution in [0.2, 0.25) is 10.0 Å². The number of halogens is 3. The van der Waals surface area contributed by atoms with Crippen LogP contribution in [0.3, 0.4) is 0 Å². The van der Waals surface area contributed by atoms with E-state index in [1.54, 1.807) is 30.3 Å². The summed E-state index contributed by atoms with van der Waals surface area (Å²) in [6.07, 6.45) is 0.578. The molecule has 2 aromatic carbocycles. The summed E-state index contributed by atoms with van der Waals surface area (Å²) < 4.78 is 21.5. The van der Waals surface area contributed by atoms with Gasteiger partial charge in [-0.15, -0.1) is 0 Å². The van der Waals surface area contributed by atoms with Crippen molar-refractivity contribution in [3.05, 3.63) is 63.6 Å². The molecule has 1 fully saturated rings. The van der Waals surface area contributed by atoms with Crippen molar-refractivity contribution in [3.8, 4) is 0 Å². The number of nitrogens with zero attached hydrogens (tertiary/aromatic N) is 3. The van der Waals surface area contributed by atoms with Gasteiger partial charge in [0, 0.05) is 45.6 Å². The summed E-state index contributed by atoms with van der Waals surface area (Å²) in [5.41, 5.74) is 1.97. The Hall–Kier alpha value is -2.19. The lowest BCUT2D eigenvalue weighted by atomic mass is 10.1. The molecule has 9 heteroatoms. The first-order valence-corrected chi connectivity index (χ1v) is 11.4. The monoisotopic (exact) mass is 478 g/mol. The van der Waals surface area contributed by atoms with Gasteiger partial charge in [0.05, 0.1) is 34.3 Å². The molecule has 170 valence electrons. The first kappa shape index (κ1) is 23.0. The molecule has 32 heavy (non-hydrogen) atoms. The van der Waals surface area contributed by atoms with Gasteiger partial charge in [-0.3, -0.25) is 9.69 Å². The molecule has 1 amide bonds. The van der Waals surface area contributed by atoms with Gasteiger partial charge in [0.25, 0.3) is 0 Å². The fraction of sp³-hybridized carbons (Fsp3) is 0.391. The van der Waals surface area contributed by atoms with Crippen LogP contribution in [0.4, 0.5) is 4.39 Å². The average molecular weight is 479 g/mol. The summed E-state index contributed by atoms with van der Waals surface area (Å²) in [5.74, 6) is 0.324. The Morgan fingerprint density at radius 1 is 1.12 bits per heavy atom. The molecule has 6 nitrogen and oxygen atoms in total. The van der Waals surface area contributed by atoms with Gasteiger partial charge in [-0.2, -0.15) is 0 Å². The van der Waals surface area contributed by atoms with E-state index in [1.165, 1.54) is 6.07 Å². The Kier molecular flexibility index (Phi) is 7.63. The molecule has 1 N–H and O–H groups in total. The second-order valence-electron chi connectivity index (χ2n) is 7.76. The minimum absolute atomic E-state index is 0.0444. The third-order valence-electron chi connectivity index (χ3n) is 5.59. The van der Waals surface area contributed by atoms with Crippen molar-refractivity contribution in [3.63, 3.8) is 0 Å². The highest BCUT2D eigenvalue weighted by Gasteiger charge is 2.16. The Labute approximate surface area is 196 Å². The molecule has 1 aliphatic rings. The number of carbonyl (C=O) groups excluding carboxylic acids is 1. The van der Waals surface area contributed by atoms with E-state index in [1.807, 2.05) is 4.57 Å². The molecule has 0 bridgehead atoms. The van der Waals surface area contributed by atoms with Crippen LogP contribution in [-0.2, 0) is 22.5 Å². The standard InChI is InChI=1S/C23H25Cl2FN4O2/c24-17-14-20-21(15-18(17)25)30(22(28-20)13-16-3-1-2-4-19(16)26)7-5-23(31)27-6-8-29-9-11-32-12-10-29/h1-4,14-15H,5-13H2,(H,27,31). The zero-order valence-corrected chi connectivity index (χ0v) is 19.1. The molecule has 0 unspecified atom stereocenters. The van der Waals surface area contributed by atoms with Crippen molar-refractivity contribution in [2.75, 3.05) is 39.4 Å². The quantitative estimate of drug-likeness (QED) is 0.533. The maximum atomic E-state index is 14.2. The van der Waals surface area contributed by atoms with Crippen molar-refractivity contribution in [1.82, 2.24) is 19.8 Å². The van der Waals surface area contributed by atoms with Crippen LogP contribution < -0.4 is 5.32 Å². The summed E-state index contributed by atoms with van der Waals surface area (Å²) in [5, 5.41) is 3.79. The largest absolute Gasteiger partial charge is 0.379 e. The first-order valence-electron chi connectivity index (χ1n) is 10.7. The molecule has 1 aromatic heterocycles. The number of aromatic nitrogens is 2. The van der Waals surface area contributed by atoms with Crippen LogP contribution in [0.5, 0.6) is 0 Å². The number of nitrogens with one attached hydrogen (secondary N) is 1. The van der Waals surface area contributed by atoms with E-state index in [4.69, 9.17) is 27.9 Å². The van der Waals surface area contributed by atoms with E-state index in [2.05, 4.69) is 15.2 Å². The summed E-state index contributed by atoms with van der Waals surface area (Å²) >= 11 is 12.4. The first-order chi connectivity index (χ1) is 15.5. The van der Waals surface area contributed by atoms with E-state index >= 15 is 0 Å². The van der Waals surface area contributed by atoms with Crippen LogP contribution in [0.15, 0.2) is 36.4 Å². The van der Waals surface area contributed by atoms with Crippen LogP contribution in [0, 0.1) is 5.82 Å². The zero-order valence-electron chi connectivity index (χ0n) is 17.6. The van der Waals surface area contributed by atoms with E-state index in [-0.39, 0.29) is 18.1 Å². The normalized spacial score (nSPS) is 14.7. The van der Waals surface area contributed by atoms with E-state index in [9.17, 15) is 9.18 Å². The lowest BCUT2D eigenvalue weighted by molar-refractivity contribution is -0.121. The highest BCUT2D eigenvalue weighted by atomic mass is 35.5. The summed E-state index contributed by atoms with van der Waals surface area (Å²) in [6, 6.07) is 10.1. The number of rotatable bonds is 8. The predicted octanol–water partition coefficient (Wildman–Crippen LogP) is 3.91. The lowest BCUT2D eigenvalue weighted by Crippen LogP contribution is -2.41. The summed E-state index contributed by atoms with van der Waals surface area (Å²) in [7, 11) is 0. The fourth-order valence-electron chi connectivity index (χ4n) is 3.85. The van der Waals surface area contributed by atoms with Gasteiger partial charge in [-0.25, -0.2) is 9.37 Å². The number of imidazole rings is 1. The number of ether oxygens (including phenoxy) is 1. The topological polar surface area (TPSA) is 59.4 Å². The SMILES string of the molecule is O=C(CCn1c(Cc2ccccc2F)nc2cc(Cl)c(Cl)cc21)NCCN1CCOCC1. The molecule has 0 saturated carbocycles. The van der Waals surface area contributed by atoms with Crippen LogP contribution in [-0.4, -0.2) is 59.8 Å². The van der Waals surface area contributed by atoms with Gasteiger partial charge in [0.1, 0.15) is 11.6 Å². The smallest absolute Gasteiger partial charge is 0.221 e. The second kappa shape index (κ2) is 10.6. The number of benzene rings is 2.